The molecule has 2 N–H and O–H groups in total. The van der Waals surface area contributed by atoms with Gasteiger partial charge in [-0.3, -0.25) is 4.79 Å². The van der Waals surface area contributed by atoms with Crippen LogP contribution in [0.4, 0.5) is 0 Å². The second-order valence-electron chi connectivity index (χ2n) is 3.95. The monoisotopic (exact) mass is 232 g/mol. The molecule has 0 aliphatic rings. The molecule has 0 fully saturated rings. The highest BCUT2D eigenvalue weighted by molar-refractivity contribution is 5.76. The van der Waals surface area contributed by atoms with Crippen LogP contribution in [0.5, 0.6) is 0 Å². The Morgan fingerprint density at radius 3 is 2.88 bits per heavy atom. The van der Waals surface area contributed by atoms with E-state index < -0.39 is 0 Å². The Kier molecular flexibility index (Phi) is 6.04. The number of carbonyl (C=O) groups excluding carboxylic acids is 1. The van der Waals surface area contributed by atoms with E-state index in [0.717, 1.165) is 6.54 Å². The SMILES string of the molecule is C=CCNC(=O)CCNCc1ccccc1C. The van der Waals surface area contributed by atoms with Gasteiger partial charge in [-0.1, -0.05) is 30.3 Å². The highest BCUT2D eigenvalue weighted by atomic mass is 16.1. The van der Waals surface area contributed by atoms with Crippen LogP contribution in [0.1, 0.15) is 17.5 Å². The molecule has 0 saturated heterocycles. The smallest absolute Gasteiger partial charge is 0.221 e. The number of amides is 1. The van der Waals surface area contributed by atoms with Crippen LogP contribution in [0.2, 0.25) is 0 Å². The molecule has 1 aromatic carbocycles. The maximum absolute atomic E-state index is 11.3. The lowest BCUT2D eigenvalue weighted by molar-refractivity contribution is -0.120. The summed E-state index contributed by atoms with van der Waals surface area (Å²) in [6.07, 6.45) is 2.18. The Balaban J connectivity index is 2.18. The Morgan fingerprint density at radius 2 is 2.18 bits per heavy atom. The first-order valence-electron chi connectivity index (χ1n) is 5.87. The van der Waals surface area contributed by atoms with Gasteiger partial charge in [0.25, 0.3) is 0 Å². The molecule has 1 aromatic rings. The molecule has 0 aliphatic heterocycles. The molecule has 1 rings (SSSR count). The van der Waals surface area contributed by atoms with Gasteiger partial charge >= 0.3 is 0 Å². The van der Waals surface area contributed by atoms with Crippen molar-refractivity contribution in [3.05, 3.63) is 48.0 Å². The van der Waals surface area contributed by atoms with E-state index in [1.807, 2.05) is 12.1 Å². The van der Waals surface area contributed by atoms with Crippen molar-refractivity contribution in [2.75, 3.05) is 13.1 Å². The first-order valence-corrected chi connectivity index (χ1v) is 5.87. The molecule has 17 heavy (non-hydrogen) atoms. The molecule has 1 amide bonds. The summed E-state index contributed by atoms with van der Waals surface area (Å²) in [5.74, 6) is 0.0576. The molecule has 0 aliphatic carbocycles. The average Bonchev–Trinajstić information content (AvgIpc) is 2.34. The van der Waals surface area contributed by atoms with Crippen molar-refractivity contribution in [3.63, 3.8) is 0 Å². The lowest BCUT2D eigenvalue weighted by atomic mass is 10.1. The third-order valence-corrected chi connectivity index (χ3v) is 2.55. The van der Waals surface area contributed by atoms with E-state index in [1.54, 1.807) is 6.08 Å². The summed E-state index contributed by atoms with van der Waals surface area (Å²) < 4.78 is 0. The standard InChI is InChI=1S/C14H20N2O/c1-3-9-16-14(17)8-10-15-11-13-7-5-4-6-12(13)2/h3-7,15H,1,8-11H2,2H3,(H,16,17). The predicted molar refractivity (Wildman–Crippen MR) is 70.7 cm³/mol. The third kappa shape index (κ3) is 5.31. The number of nitrogens with one attached hydrogen (secondary N) is 2. The Morgan fingerprint density at radius 1 is 1.41 bits per heavy atom. The average molecular weight is 232 g/mol. The van der Waals surface area contributed by atoms with Gasteiger partial charge in [-0.25, -0.2) is 0 Å². The predicted octanol–water partition coefficient (Wildman–Crippen LogP) is 1.78. The second-order valence-corrected chi connectivity index (χ2v) is 3.95. The Hall–Kier alpha value is -1.61. The van der Waals surface area contributed by atoms with Crippen LogP contribution in [0, 0.1) is 6.92 Å². The van der Waals surface area contributed by atoms with Gasteiger partial charge in [0, 0.05) is 26.1 Å². The summed E-state index contributed by atoms with van der Waals surface area (Å²) in [5.41, 5.74) is 2.55. The highest BCUT2D eigenvalue weighted by Crippen LogP contribution is 2.05. The molecular weight excluding hydrogens is 212 g/mol. The zero-order valence-corrected chi connectivity index (χ0v) is 10.3. The fourth-order valence-electron chi connectivity index (χ4n) is 1.51. The number of aryl methyl sites for hydroxylation is 1. The number of carbonyl (C=O) groups is 1. The summed E-state index contributed by atoms with van der Waals surface area (Å²) in [5, 5.41) is 6.01. The number of rotatable bonds is 7. The van der Waals surface area contributed by atoms with Crippen molar-refractivity contribution in [2.45, 2.75) is 19.9 Å². The van der Waals surface area contributed by atoms with Crippen LogP contribution in [-0.4, -0.2) is 19.0 Å². The second kappa shape index (κ2) is 7.63. The fraction of sp³-hybridized carbons (Fsp3) is 0.357. The fourth-order valence-corrected chi connectivity index (χ4v) is 1.51. The van der Waals surface area contributed by atoms with Gasteiger partial charge in [-0.2, -0.15) is 0 Å². The van der Waals surface area contributed by atoms with Gasteiger partial charge in [-0.05, 0) is 18.1 Å². The zero-order valence-electron chi connectivity index (χ0n) is 10.3. The van der Waals surface area contributed by atoms with Crippen LogP contribution in [0.15, 0.2) is 36.9 Å². The van der Waals surface area contributed by atoms with Gasteiger partial charge in [0.1, 0.15) is 0 Å². The van der Waals surface area contributed by atoms with Crippen molar-refractivity contribution < 1.29 is 4.79 Å². The van der Waals surface area contributed by atoms with Gasteiger partial charge in [0.05, 0.1) is 0 Å². The third-order valence-electron chi connectivity index (χ3n) is 2.55. The molecule has 0 saturated carbocycles. The van der Waals surface area contributed by atoms with Crippen LogP contribution >= 0.6 is 0 Å². The molecule has 0 aromatic heterocycles. The van der Waals surface area contributed by atoms with Crippen LogP contribution in [0.3, 0.4) is 0 Å². The minimum Gasteiger partial charge on any atom is -0.353 e. The summed E-state index contributed by atoms with van der Waals surface area (Å²) in [6, 6.07) is 8.25. The minimum atomic E-state index is 0.0576. The van der Waals surface area contributed by atoms with Crippen LogP contribution in [-0.2, 0) is 11.3 Å². The normalized spacial score (nSPS) is 9.94. The maximum Gasteiger partial charge on any atom is 0.221 e. The minimum absolute atomic E-state index is 0.0576. The summed E-state index contributed by atoms with van der Waals surface area (Å²) >= 11 is 0. The van der Waals surface area contributed by atoms with Crippen molar-refractivity contribution in [1.82, 2.24) is 10.6 Å². The summed E-state index contributed by atoms with van der Waals surface area (Å²) in [4.78, 5) is 11.3. The van der Waals surface area contributed by atoms with E-state index in [1.165, 1.54) is 11.1 Å². The van der Waals surface area contributed by atoms with Crippen molar-refractivity contribution in [2.24, 2.45) is 0 Å². The van der Waals surface area contributed by atoms with Crippen LogP contribution in [0.25, 0.3) is 0 Å². The van der Waals surface area contributed by atoms with E-state index in [0.29, 0.717) is 19.5 Å². The molecule has 0 unspecified atom stereocenters. The largest absolute Gasteiger partial charge is 0.353 e. The highest BCUT2D eigenvalue weighted by Gasteiger charge is 1.99. The molecule has 0 radical (unpaired) electrons. The van der Waals surface area contributed by atoms with Gasteiger partial charge in [-0.15, -0.1) is 6.58 Å². The number of benzene rings is 1. The van der Waals surface area contributed by atoms with E-state index >= 15 is 0 Å². The first-order chi connectivity index (χ1) is 8.24. The lowest BCUT2D eigenvalue weighted by Crippen LogP contribution is -2.27. The summed E-state index contributed by atoms with van der Waals surface area (Å²) in [7, 11) is 0. The number of hydrogen-bond donors (Lipinski definition) is 2. The molecule has 0 spiro atoms. The topological polar surface area (TPSA) is 41.1 Å². The van der Waals surface area contributed by atoms with Crippen molar-refractivity contribution in [1.29, 1.82) is 0 Å². The van der Waals surface area contributed by atoms with Crippen LogP contribution < -0.4 is 10.6 Å². The molecule has 0 heterocycles. The van der Waals surface area contributed by atoms with Crippen molar-refractivity contribution in [3.8, 4) is 0 Å². The Bertz CT molecular complexity index is 374. The van der Waals surface area contributed by atoms with Gasteiger partial charge < -0.3 is 10.6 Å². The maximum atomic E-state index is 11.3. The lowest BCUT2D eigenvalue weighted by Gasteiger charge is -2.07. The quantitative estimate of drug-likeness (QED) is 0.556. The van der Waals surface area contributed by atoms with E-state index in [-0.39, 0.29) is 5.91 Å². The van der Waals surface area contributed by atoms with Gasteiger partial charge in [0.2, 0.25) is 5.91 Å². The molecule has 0 atom stereocenters. The Labute approximate surface area is 103 Å². The van der Waals surface area contributed by atoms with Gasteiger partial charge in [0.15, 0.2) is 0 Å². The first kappa shape index (κ1) is 13.5. The molecule has 0 bridgehead atoms. The summed E-state index contributed by atoms with van der Waals surface area (Å²) in [6.45, 7) is 7.68. The molecule has 3 heteroatoms. The van der Waals surface area contributed by atoms with E-state index in [2.05, 4.69) is 36.3 Å². The molecule has 3 nitrogen and oxygen atoms in total. The zero-order chi connectivity index (χ0) is 12.5. The molecular formula is C14H20N2O. The van der Waals surface area contributed by atoms with E-state index in [9.17, 15) is 4.79 Å². The molecule has 92 valence electrons. The number of hydrogen-bond acceptors (Lipinski definition) is 2. The van der Waals surface area contributed by atoms with E-state index in [4.69, 9.17) is 0 Å². The van der Waals surface area contributed by atoms with Crippen molar-refractivity contribution >= 4 is 5.91 Å².